The van der Waals surface area contributed by atoms with Crippen LogP contribution in [0.1, 0.15) is 22.8 Å². The number of halogens is 1. The van der Waals surface area contributed by atoms with Crippen LogP contribution in [0.3, 0.4) is 0 Å². The lowest BCUT2D eigenvalue weighted by atomic mass is 10.0. The molecule has 24 heavy (non-hydrogen) atoms. The summed E-state index contributed by atoms with van der Waals surface area (Å²) in [4.78, 5) is 6.24. The summed E-state index contributed by atoms with van der Waals surface area (Å²) in [7, 11) is 0. The average Bonchev–Trinajstić information content (AvgIpc) is 2.82. The Kier molecular flexibility index (Phi) is 4.54. The SMILES string of the molecule is Brc1ccccc1[C@H]1CC(c2ccccc2)=Nc2ccccc2S1. The first-order valence-corrected chi connectivity index (χ1v) is 9.61. The first kappa shape index (κ1) is 15.7. The molecule has 1 nitrogen and oxygen atoms in total. The predicted molar refractivity (Wildman–Crippen MR) is 106 cm³/mol. The number of aliphatic imine (C=N–C) groups is 1. The number of para-hydroxylation sites is 1. The van der Waals surface area contributed by atoms with Crippen molar-refractivity contribution in [3.63, 3.8) is 0 Å². The number of rotatable bonds is 2. The minimum absolute atomic E-state index is 0.336. The van der Waals surface area contributed by atoms with Gasteiger partial charge >= 0.3 is 0 Å². The first-order valence-electron chi connectivity index (χ1n) is 7.94. The average molecular weight is 394 g/mol. The summed E-state index contributed by atoms with van der Waals surface area (Å²) in [6.45, 7) is 0. The fourth-order valence-corrected chi connectivity index (χ4v) is 4.92. The molecule has 0 saturated carbocycles. The molecule has 1 aliphatic rings. The summed E-state index contributed by atoms with van der Waals surface area (Å²) in [5.41, 5.74) is 4.74. The van der Waals surface area contributed by atoms with E-state index in [0.29, 0.717) is 5.25 Å². The van der Waals surface area contributed by atoms with Crippen LogP contribution in [-0.2, 0) is 0 Å². The molecule has 4 rings (SSSR count). The van der Waals surface area contributed by atoms with Crippen molar-refractivity contribution in [2.75, 3.05) is 0 Å². The Morgan fingerprint density at radius 1 is 0.833 bits per heavy atom. The van der Waals surface area contributed by atoms with Crippen LogP contribution in [0.2, 0.25) is 0 Å². The lowest BCUT2D eigenvalue weighted by Crippen LogP contribution is -2.05. The van der Waals surface area contributed by atoms with Crippen LogP contribution in [0.5, 0.6) is 0 Å². The molecule has 0 unspecified atom stereocenters. The monoisotopic (exact) mass is 393 g/mol. The van der Waals surface area contributed by atoms with Gasteiger partial charge in [-0.3, -0.25) is 4.99 Å². The maximum atomic E-state index is 5.00. The predicted octanol–water partition coefficient (Wildman–Crippen LogP) is 6.81. The van der Waals surface area contributed by atoms with Crippen LogP contribution in [0.25, 0.3) is 0 Å². The van der Waals surface area contributed by atoms with E-state index in [4.69, 9.17) is 4.99 Å². The van der Waals surface area contributed by atoms with E-state index in [2.05, 4.69) is 94.8 Å². The molecule has 3 heteroatoms. The van der Waals surface area contributed by atoms with Gasteiger partial charge in [0.2, 0.25) is 0 Å². The van der Waals surface area contributed by atoms with E-state index in [1.54, 1.807) is 0 Å². The van der Waals surface area contributed by atoms with Gasteiger partial charge in [0.05, 0.1) is 5.69 Å². The summed E-state index contributed by atoms with van der Waals surface area (Å²) < 4.78 is 1.16. The zero-order valence-corrected chi connectivity index (χ0v) is 15.4. The Balaban J connectivity index is 1.83. The molecule has 0 N–H and O–H groups in total. The van der Waals surface area contributed by atoms with E-state index in [9.17, 15) is 0 Å². The third-order valence-corrected chi connectivity index (χ3v) is 6.15. The largest absolute Gasteiger partial charge is 0.252 e. The molecular weight excluding hydrogens is 378 g/mol. The van der Waals surface area contributed by atoms with E-state index in [1.807, 2.05) is 11.8 Å². The van der Waals surface area contributed by atoms with Crippen LogP contribution in [-0.4, -0.2) is 5.71 Å². The van der Waals surface area contributed by atoms with E-state index >= 15 is 0 Å². The van der Waals surface area contributed by atoms with Gasteiger partial charge in [-0.1, -0.05) is 76.6 Å². The summed E-state index contributed by atoms with van der Waals surface area (Å²) in [5.74, 6) is 0. The van der Waals surface area contributed by atoms with Crippen LogP contribution >= 0.6 is 27.7 Å². The summed E-state index contributed by atoms with van der Waals surface area (Å²) in [5, 5.41) is 0.336. The van der Waals surface area contributed by atoms with Crippen molar-refractivity contribution in [1.29, 1.82) is 0 Å². The van der Waals surface area contributed by atoms with E-state index < -0.39 is 0 Å². The van der Waals surface area contributed by atoms with E-state index in [1.165, 1.54) is 16.0 Å². The molecule has 0 bridgehead atoms. The van der Waals surface area contributed by atoms with Gasteiger partial charge in [0.15, 0.2) is 0 Å². The highest BCUT2D eigenvalue weighted by Gasteiger charge is 2.23. The molecule has 3 aromatic rings. The first-order chi connectivity index (χ1) is 11.8. The van der Waals surface area contributed by atoms with Crippen LogP contribution in [0.15, 0.2) is 93.2 Å². The Morgan fingerprint density at radius 2 is 1.54 bits per heavy atom. The van der Waals surface area contributed by atoms with Gasteiger partial charge in [-0.05, 0) is 29.3 Å². The number of fused-ring (bicyclic) bond motifs is 1. The number of benzene rings is 3. The molecule has 0 radical (unpaired) electrons. The van der Waals surface area contributed by atoms with Gasteiger partial charge in [-0.2, -0.15) is 0 Å². The molecule has 0 aromatic heterocycles. The second-order valence-corrected chi connectivity index (χ2v) is 7.82. The lowest BCUT2D eigenvalue weighted by Gasteiger charge is -2.17. The summed E-state index contributed by atoms with van der Waals surface area (Å²) in [6, 6.07) is 27.4. The molecule has 0 fully saturated rings. The summed E-state index contributed by atoms with van der Waals surface area (Å²) in [6.07, 6.45) is 0.909. The Bertz CT molecular complexity index is 889. The van der Waals surface area contributed by atoms with E-state index in [-0.39, 0.29) is 0 Å². The van der Waals surface area contributed by atoms with Crippen LogP contribution in [0.4, 0.5) is 5.69 Å². The van der Waals surface area contributed by atoms with E-state index in [0.717, 1.165) is 22.3 Å². The van der Waals surface area contributed by atoms with Crippen molar-refractivity contribution in [3.8, 4) is 0 Å². The van der Waals surface area contributed by atoms with Gasteiger partial charge in [0, 0.05) is 26.8 Å². The fourth-order valence-electron chi connectivity index (χ4n) is 2.93. The van der Waals surface area contributed by atoms with Crippen molar-refractivity contribution < 1.29 is 0 Å². The topological polar surface area (TPSA) is 12.4 Å². The van der Waals surface area contributed by atoms with Crippen LogP contribution in [0, 0.1) is 0 Å². The van der Waals surface area contributed by atoms with Crippen molar-refractivity contribution >= 4 is 39.1 Å². The number of hydrogen-bond donors (Lipinski definition) is 0. The second-order valence-electron chi connectivity index (χ2n) is 5.72. The van der Waals surface area contributed by atoms with Gasteiger partial charge in [0.1, 0.15) is 0 Å². The maximum Gasteiger partial charge on any atom is 0.0769 e. The minimum atomic E-state index is 0.336. The minimum Gasteiger partial charge on any atom is -0.252 e. The molecule has 0 aliphatic carbocycles. The van der Waals surface area contributed by atoms with Gasteiger partial charge in [0.25, 0.3) is 0 Å². The standard InChI is InChI=1S/C21H16BrNS/c22-17-11-5-4-10-16(17)21-14-19(15-8-2-1-3-9-15)23-18-12-6-7-13-20(18)24-21/h1-13,21H,14H2/t21-/m1/s1. The normalized spacial score (nSPS) is 16.9. The van der Waals surface area contributed by atoms with Crippen molar-refractivity contribution in [3.05, 3.63) is 94.5 Å². The molecule has 0 saturated heterocycles. The molecule has 0 spiro atoms. The molecule has 1 atom stereocenters. The third-order valence-electron chi connectivity index (χ3n) is 4.13. The molecule has 3 aromatic carbocycles. The van der Waals surface area contributed by atoms with Crippen molar-refractivity contribution in [2.24, 2.45) is 4.99 Å². The van der Waals surface area contributed by atoms with Crippen molar-refractivity contribution in [2.45, 2.75) is 16.6 Å². The number of nitrogens with zero attached hydrogens (tertiary/aromatic N) is 1. The highest BCUT2D eigenvalue weighted by atomic mass is 79.9. The van der Waals surface area contributed by atoms with Crippen LogP contribution < -0.4 is 0 Å². The Hall–Kier alpha value is -1.84. The fraction of sp³-hybridized carbons (Fsp3) is 0.0952. The Labute approximate surface area is 155 Å². The smallest absolute Gasteiger partial charge is 0.0769 e. The maximum absolute atomic E-state index is 5.00. The highest BCUT2D eigenvalue weighted by Crippen LogP contribution is 2.46. The summed E-state index contributed by atoms with van der Waals surface area (Å²) >= 11 is 5.62. The quantitative estimate of drug-likeness (QED) is 0.465. The van der Waals surface area contributed by atoms with Gasteiger partial charge < -0.3 is 0 Å². The number of thioether (sulfide) groups is 1. The Morgan fingerprint density at radius 3 is 2.38 bits per heavy atom. The highest BCUT2D eigenvalue weighted by molar-refractivity contribution is 9.10. The molecular formula is C21H16BrNS. The molecule has 1 aliphatic heterocycles. The third kappa shape index (κ3) is 3.19. The zero-order valence-electron chi connectivity index (χ0n) is 13.0. The molecule has 0 amide bonds. The molecule has 118 valence electrons. The molecule has 1 heterocycles. The van der Waals surface area contributed by atoms with Gasteiger partial charge in [-0.15, -0.1) is 11.8 Å². The van der Waals surface area contributed by atoms with Crippen molar-refractivity contribution in [1.82, 2.24) is 0 Å². The van der Waals surface area contributed by atoms with Gasteiger partial charge in [-0.25, -0.2) is 0 Å². The zero-order chi connectivity index (χ0) is 16.4. The second kappa shape index (κ2) is 6.96. The lowest BCUT2D eigenvalue weighted by molar-refractivity contribution is 1.00. The number of hydrogen-bond acceptors (Lipinski definition) is 2.